The molecule has 52 heavy (non-hydrogen) atoms. The Labute approximate surface area is 308 Å². The Morgan fingerprint density at radius 2 is 1.44 bits per heavy atom. The fourth-order valence-electron chi connectivity index (χ4n) is 7.33. The fourth-order valence-corrected chi connectivity index (χ4v) is 8.65. The van der Waals surface area contributed by atoms with E-state index in [1.165, 1.54) is 11.4 Å². The minimum atomic E-state index is -3.79. The van der Waals surface area contributed by atoms with Crippen LogP contribution in [0.4, 0.5) is 5.69 Å². The van der Waals surface area contributed by atoms with Crippen molar-refractivity contribution in [2.24, 2.45) is 5.92 Å². The van der Waals surface area contributed by atoms with Gasteiger partial charge in [-0.15, -0.1) is 0 Å². The number of rotatable bonds is 9. The second-order valence-electron chi connectivity index (χ2n) is 13.0. The monoisotopic (exact) mass is 721 g/mol. The molecule has 1 atom stereocenters. The summed E-state index contributed by atoms with van der Waals surface area (Å²) in [6.45, 7) is 2.06. The van der Waals surface area contributed by atoms with Crippen molar-refractivity contribution in [1.82, 2.24) is 19.2 Å². The predicted molar refractivity (Wildman–Crippen MR) is 209 cm³/mol. The molecule has 0 N–H and O–H groups in total. The second kappa shape index (κ2) is 13.5. The van der Waals surface area contributed by atoms with Gasteiger partial charge in [0, 0.05) is 47.1 Å². The number of benzene rings is 4. The van der Waals surface area contributed by atoms with E-state index in [-0.39, 0.29) is 10.8 Å². The van der Waals surface area contributed by atoms with Crippen LogP contribution in [0.3, 0.4) is 0 Å². The minimum Gasteiger partial charge on any atom is -0.299 e. The highest BCUT2D eigenvalue weighted by Crippen LogP contribution is 2.45. The van der Waals surface area contributed by atoms with Crippen molar-refractivity contribution < 1.29 is 8.42 Å². The predicted octanol–water partition coefficient (Wildman–Crippen LogP) is 9.58. The molecule has 0 saturated carbocycles. The maximum atomic E-state index is 13.5. The topological polar surface area (TPSA) is 72.5 Å². The van der Waals surface area contributed by atoms with Crippen molar-refractivity contribution in [2.75, 3.05) is 11.4 Å². The van der Waals surface area contributed by atoms with Crippen molar-refractivity contribution in [2.45, 2.75) is 23.8 Å². The molecule has 8 rings (SSSR count). The van der Waals surface area contributed by atoms with Crippen molar-refractivity contribution in [3.63, 3.8) is 0 Å². The average Bonchev–Trinajstić information content (AvgIpc) is 3.80. The van der Waals surface area contributed by atoms with E-state index >= 15 is 0 Å². The first kappa shape index (κ1) is 33.4. The summed E-state index contributed by atoms with van der Waals surface area (Å²) in [7, 11) is -2.25. The first-order valence-electron chi connectivity index (χ1n) is 17.1. The lowest BCUT2D eigenvalue weighted by Crippen LogP contribution is -2.43. The largest absolute Gasteiger partial charge is 0.299 e. The molecule has 7 aromatic rings. The van der Waals surface area contributed by atoms with E-state index in [4.69, 9.17) is 16.7 Å². The molecule has 4 aromatic carbocycles. The van der Waals surface area contributed by atoms with E-state index in [2.05, 4.69) is 120 Å². The zero-order valence-electron chi connectivity index (χ0n) is 28.7. The van der Waals surface area contributed by atoms with Crippen molar-refractivity contribution in [3.05, 3.63) is 186 Å². The number of nitrogens with zero attached hydrogens (tertiary/aromatic N) is 5. The van der Waals surface area contributed by atoms with Gasteiger partial charge in [-0.25, -0.2) is 13.4 Å². The molecule has 0 spiro atoms. The van der Waals surface area contributed by atoms with E-state index < -0.39 is 15.6 Å². The van der Waals surface area contributed by atoms with Crippen LogP contribution in [0.15, 0.2) is 169 Å². The lowest BCUT2D eigenvalue weighted by Gasteiger charge is -2.41. The summed E-state index contributed by atoms with van der Waals surface area (Å²) < 4.78 is 32.4. The smallest absolute Gasteiger partial charge is 0.264 e. The highest BCUT2D eigenvalue weighted by Gasteiger charge is 2.44. The summed E-state index contributed by atoms with van der Waals surface area (Å²) in [5.74, 6) is 0.120. The second-order valence-corrected chi connectivity index (χ2v) is 15.4. The van der Waals surface area contributed by atoms with Crippen LogP contribution in [0.2, 0.25) is 5.02 Å². The molecule has 0 bridgehead atoms. The SMILES string of the molecule is Cc1nn(C(c2ccccc2)(c2ccccc2)C2C=CC=CC2)cc1-c1ccc2ncc(-c3ccc(S(=O)(=O)N(C)c4ccc(Cl)cc4)cc3)n2c1. The molecule has 3 heterocycles. The van der Waals surface area contributed by atoms with Crippen LogP contribution in [0.25, 0.3) is 28.0 Å². The van der Waals surface area contributed by atoms with E-state index in [1.807, 2.05) is 28.8 Å². The number of hydrogen-bond acceptors (Lipinski definition) is 4. The third-order valence-electron chi connectivity index (χ3n) is 10.0. The highest BCUT2D eigenvalue weighted by molar-refractivity contribution is 7.92. The van der Waals surface area contributed by atoms with Crippen molar-refractivity contribution in [3.8, 4) is 22.4 Å². The Kier molecular flexibility index (Phi) is 8.65. The zero-order chi connectivity index (χ0) is 35.9. The Morgan fingerprint density at radius 1 is 0.788 bits per heavy atom. The molecule has 1 aliphatic rings. The standard InChI is InChI=1S/C43H36ClN5O2S/c1-31-40(30-49(46-31)43(34-12-6-3-7-13-34,35-14-8-4-9-15-35)36-16-10-5-11-17-36)33-20-27-42-45-28-41(48(42)29-33)32-18-25-39(26-19-32)52(50,51)47(2)38-23-21-37(44)22-24-38/h3-16,18-30,36H,17H2,1-2H3. The van der Waals surface area contributed by atoms with Crippen molar-refractivity contribution >= 4 is 33.0 Å². The number of sulfonamides is 1. The van der Waals surface area contributed by atoms with E-state index in [0.29, 0.717) is 10.7 Å². The lowest BCUT2D eigenvalue weighted by atomic mass is 9.70. The van der Waals surface area contributed by atoms with Crippen LogP contribution in [0, 0.1) is 12.8 Å². The third-order valence-corrected chi connectivity index (χ3v) is 12.1. The third kappa shape index (κ3) is 5.74. The van der Waals surface area contributed by atoms with Gasteiger partial charge in [0.1, 0.15) is 11.2 Å². The van der Waals surface area contributed by atoms with Crippen LogP contribution >= 0.6 is 11.6 Å². The molecule has 258 valence electrons. The number of imidazole rings is 1. The van der Waals surface area contributed by atoms with Gasteiger partial charge >= 0.3 is 0 Å². The number of anilines is 1. The summed E-state index contributed by atoms with van der Waals surface area (Å²) in [4.78, 5) is 4.86. The molecule has 0 saturated heterocycles. The number of allylic oxidation sites excluding steroid dienone is 4. The molecular weight excluding hydrogens is 686 g/mol. The number of fused-ring (bicyclic) bond motifs is 1. The van der Waals surface area contributed by atoms with Crippen LogP contribution < -0.4 is 4.31 Å². The highest BCUT2D eigenvalue weighted by atomic mass is 35.5. The number of hydrogen-bond donors (Lipinski definition) is 0. The summed E-state index contributed by atoms with van der Waals surface area (Å²) in [6.07, 6.45) is 15.7. The van der Waals surface area contributed by atoms with Gasteiger partial charge in [-0.05, 0) is 73.0 Å². The van der Waals surface area contributed by atoms with Crippen LogP contribution in [0.1, 0.15) is 23.2 Å². The molecule has 9 heteroatoms. The Hall–Kier alpha value is -5.70. The summed E-state index contributed by atoms with van der Waals surface area (Å²) in [5.41, 5.74) is 7.65. The number of pyridine rings is 1. The van der Waals surface area contributed by atoms with Gasteiger partial charge in [0.2, 0.25) is 0 Å². The Balaban J connectivity index is 1.19. The lowest BCUT2D eigenvalue weighted by molar-refractivity contribution is 0.292. The van der Waals surface area contributed by atoms with E-state index in [1.54, 1.807) is 36.4 Å². The van der Waals surface area contributed by atoms with Gasteiger partial charge in [-0.2, -0.15) is 5.10 Å². The molecule has 0 radical (unpaired) electrons. The number of aromatic nitrogens is 4. The van der Waals surface area contributed by atoms with E-state index in [9.17, 15) is 8.42 Å². The van der Waals surface area contributed by atoms with Gasteiger partial charge in [0.15, 0.2) is 0 Å². The first-order valence-corrected chi connectivity index (χ1v) is 18.9. The quantitative estimate of drug-likeness (QED) is 0.149. The van der Waals surface area contributed by atoms with Gasteiger partial charge in [-0.1, -0.05) is 109 Å². The molecule has 3 aromatic heterocycles. The van der Waals surface area contributed by atoms with Crippen LogP contribution in [0.5, 0.6) is 0 Å². The van der Waals surface area contributed by atoms with Gasteiger partial charge in [0.25, 0.3) is 10.0 Å². The molecule has 0 fully saturated rings. The summed E-state index contributed by atoms with van der Waals surface area (Å²) in [5, 5.41) is 5.82. The molecular formula is C43H36ClN5O2S. The maximum absolute atomic E-state index is 13.5. The summed E-state index contributed by atoms with van der Waals surface area (Å²) in [6, 6.07) is 39.0. The fraction of sp³-hybridized carbons (Fsp3) is 0.116. The minimum absolute atomic E-state index is 0.120. The first-order chi connectivity index (χ1) is 25.3. The molecule has 0 amide bonds. The Bertz CT molecular complexity index is 2500. The molecule has 1 aliphatic carbocycles. The average molecular weight is 722 g/mol. The zero-order valence-corrected chi connectivity index (χ0v) is 30.3. The molecule has 7 nitrogen and oxygen atoms in total. The van der Waals surface area contributed by atoms with Gasteiger partial charge < -0.3 is 0 Å². The normalized spacial score (nSPS) is 14.6. The molecule has 0 aliphatic heterocycles. The molecule has 1 unspecified atom stereocenters. The summed E-state index contributed by atoms with van der Waals surface area (Å²) >= 11 is 6.02. The van der Waals surface area contributed by atoms with Crippen LogP contribution in [-0.2, 0) is 15.6 Å². The number of aryl methyl sites for hydroxylation is 1. The Morgan fingerprint density at radius 3 is 2.08 bits per heavy atom. The van der Waals surface area contributed by atoms with E-state index in [0.717, 1.165) is 51.3 Å². The van der Waals surface area contributed by atoms with Crippen LogP contribution in [-0.4, -0.2) is 34.6 Å². The van der Waals surface area contributed by atoms with Crippen molar-refractivity contribution in [1.29, 1.82) is 0 Å². The van der Waals surface area contributed by atoms with Gasteiger partial charge in [0.05, 0.1) is 28.2 Å². The maximum Gasteiger partial charge on any atom is 0.264 e. The van der Waals surface area contributed by atoms with Gasteiger partial charge in [-0.3, -0.25) is 13.4 Å². The number of halogens is 1.